The van der Waals surface area contributed by atoms with E-state index in [0.717, 1.165) is 6.42 Å². The van der Waals surface area contributed by atoms with Crippen LogP contribution in [-0.4, -0.2) is 16.8 Å². The fourth-order valence-electron chi connectivity index (χ4n) is 1.17. The van der Waals surface area contributed by atoms with Gasteiger partial charge in [0, 0.05) is 18.7 Å². The molecular weight excluding hydrogens is 150 g/mol. The van der Waals surface area contributed by atoms with Crippen molar-refractivity contribution >= 4 is 5.91 Å². The first kappa shape index (κ1) is 9.04. The summed E-state index contributed by atoms with van der Waals surface area (Å²) in [5.74, 6) is 0.189. The minimum atomic E-state index is 0.189. The first-order valence-corrected chi connectivity index (χ1v) is 4.40. The van der Waals surface area contributed by atoms with E-state index in [9.17, 15) is 4.79 Å². The SMILES string of the molecule is CCC(C)N1C=CC=CCC1=O. The van der Waals surface area contributed by atoms with E-state index in [2.05, 4.69) is 13.8 Å². The van der Waals surface area contributed by atoms with Gasteiger partial charge in [-0.2, -0.15) is 0 Å². The molecule has 0 aromatic carbocycles. The molecule has 1 amide bonds. The van der Waals surface area contributed by atoms with Gasteiger partial charge in [0.2, 0.25) is 5.91 Å². The second-order valence-corrected chi connectivity index (χ2v) is 3.03. The molecule has 1 rings (SSSR count). The molecule has 0 spiro atoms. The van der Waals surface area contributed by atoms with Gasteiger partial charge in [0.15, 0.2) is 0 Å². The quantitative estimate of drug-likeness (QED) is 0.613. The molecule has 1 heterocycles. The molecule has 0 bridgehead atoms. The second kappa shape index (κ2) is 4.10. The molecule has 1 aliphatic heterocycles. The van der Waals surface area contributed by atoms with Crippen LogP contribution in [-0.2, 0) is 4.79 Å². The molecule has 2 heteroatoms. The standard InChI is InChI=1S/C10H15NO/c1-3-9(2)11-8-6-4-5-7-10(11)12/h4-6,8-9H,3,7H2,1-2H3. The Balaban J connectivity index is 2.69. The van der Waals surface area contributed by atoms with Crippen molar-refractivity contribution in [3.63, 3.8) is 0 Å². The summed E-state index contributed by atoms with van der Waals surface area (Å²) in [6.07, 6.45) is 9.10. The maximum atomic E-state index is 11.4. The molecule has 1 atom stereocenters. The molecule has 0 N–H and O–H groups in total. The Kier molecular flexibility index (Phi) is 3.09. The van der Waals surface area contributed by atoms with Gasteiger partial charge in [-0.1, -0.05) is 19.1 Å². The van der Waals surface area contributed by atoms with Crippen molar-refractivity contribution in [1.82, 2.24) is 4.90 Å². The van der Waals surface area contributed by atoms with Crippen molar-refractivity contribution in [2.24, 2.45) is 0 Å². The van der Waals surface area contributed by atoms with E-state index in [1.54, 1.807) is 4.90 Å². The highest BCUT2D eigenvalue weighted by Crippen LogP contribution is 2.09. The summed E-state index contributed by atoms with van der Waals surface area (Å²) in [7, 11) is 0. The number of allylic oxidation sites excluding steroid dienone is 2. The molecular formula is C10H15NO. The van der Waals surface area contributed by atoms with Gasteiger partial charge >= 0.3 is 0 Å². The van der Waals surface area contributed by atoms with Gasteiger partial charge in [0.05, 0.1) is 0 Å². The topological polar surface area (TPSA) is 20.3 Å². The molecule has 0 radical (unpaired) electrons. The largest absolute Gasteiger partial charge is 0.316 e. The van der Waals surface area contributed by atoms with E-state index in [4.69, 9.17) is 0 Å². The summed E-state index contributed by atoms with van der Waals surface area (Å²) >= 11 is 0. The molecule has 1 aliphatic rings. The van der Waals surface area contributed by atoms with E-state index in [1.807, 2.05) is 24.4 Å². The lowest BCUT2D eigenvalue weighted by Crippen LogP contribution is -2.32. The molecule has 1 unspecified atom stereocenters. The lowest BCUT2D eigenvalue weighted by molar-refractivity contribution is -0.129. The van der Waals surface area contributed by atoms with Gasteiger partial charge in [-0.3, -0.25) is 4.79 Å². The van der Waals surface area contributed by atoms with Crippen LogP contribution in [0.1, 0.15) is 26.7 Å². The summed E-state index contributed by atoms with van der Waals surface area (Å²) in [5.41, 5.74) is 0. The van der Waals surface area contributed by atoms with E-state index < -0.39 is 0 Å². The minimum Gasteiger partial charge on any atom is -0.316 e. The zero-order valence-corrected chi connectivity index (χ0v) is 7.66. The third kappa shape index (κ3) is 1.97. The van der Waals surface area contributed by atoms with Crippen molar-refractivity contribution in [2.75, 3.05) is 0 Å². The van der Waals surface area contributed by atoms with Gasteiger partial charge in [0.1, 0.15) is 0 Å². The molecule has 2 nitrogen and oxygen atoms in total. The van der Waals surface area contributed by atoms with E-state index in [0.29, 0.717) is 12.5 Å². The Labute approximate surface area is 73.6 Å². The van der Waals surface area contributed by atoms with Gasteiger partial charge in [0.25, 0.3) is 0 Å². The zero-order valence-electron chi connectivity index (χ0n) is 7.66. The maximum Gasteiger partial charge on any atom is 0.230 e. The Bertz CT molecular complexity index is 218. The smallest absolute Gasteiger partial charge is 0.230 e. The number of rotatable bonds is 2. The predicted molar refractivity (Wildman–Crippen MR) is 49.5 cm³/mol. The zero-order chi connectivity index (χ0) is 8.97. The van der Waals surface area contributed by atoms with Crippen LogP contribution in [0.4, 0.5) is 0 Å². The van der Waals surface area contributed by atoms with Crippen molar-refractivity contribution in [2.45, 2.75) is 32.7 Å². The third-order valence-corrected chi connectivity index (χ3v) is 2.14. The predicted octanol–water partition coefficient (Wildman–Crippen LogP) is 2.09. The fourth-order valence-corrected chi connectivity index (χ4v) is 1.17. The molecule has 0 fully saturated rings. The van der Waals surface area contributed by atoms with Gasteiger partial charge < -0.3 is 4.90 Å². The van der Waals surface area contributed by atoms with E-state index >= 15 is 0 Å². The summed E-state index contributed by atoms with van der Waals surface area (Å²) in [6.45, 7) is 4.15. The number of carbonyl (C=O) groups excluding carboxylic acids is 1. The number of hydrogen-bond acceptors (Lipinski definition) is 1. The van der Waals surface area contributed by atoms with E-state index in [1.165, 1.54) is 0 Å². The molecule has 0 aromatic rings. The molecule has 66 valence electrons. The molecule has 0 saturated carbocycles. The van der Waals surface area contributed by atoms with Gasteiger partial charge in [-0.15, -0.1) is 0 Å². The highest BCUT2D eigenvalue weighted by molar-refractivity contribution is 5.79. The van der Waals surface area contributed by atoms with Gasteiger partial charge in [-0.05, 0) is 19.4 Å². The highest BCUT2D eigenvalue weighted by atomic mass is 16.2. The average molecular weight is 165 g/mol. The average Bonchev–Trinajstić information content (AvgIpc) is 2.28. The summed E-state index contributed by atoms with van der Waals surface area (Å²) < 4.78 is 0. The number of nitrogens with zero attached hydrogens (tertiary/aromatic N) is 1. The lowest BCUT2D eigenvalue weighted by atomic mass is 10.2. The van der Waals surface area contributed by atoms with Crippen molar-refractivity contribution < 1.29 is 4.79 Å². The summed E-state index contributed by atoms with van der Waals surface area (Å²) in [6, 6.07) is 0.314. The molecule has 0 saturated heterocycles. The molecule has 12 heavy (non-hydrogen) atoms. The Hall–Kier alpha value is -1.05. The lowest BCUT2D eigenvalue weighted by Gasteiger charge is -2.23. The van der Waals surface area contributed by atoms with Crippen LogP contribution in [0.3, 0.4) is 0 Å². The van der Waals surface area contributed by atoms with Crippen molar-refractivity contribution in [3.8, 4) is 0 Å². The number of carbonyl (C=O) groups is 1. The number of hydrogen-bond donors (Lipinski definition) is 0. The first-order valence-electron chi connectivity index (χ1n) is 4.40. The van der Waals surface area contributed by atoms with Crippen LogP contribution >= 0.6 is 0 Å². The third-order valence-electron chi connectivity index (χ3n) is 2.14. The van der Waals surface area contributed by atoms with Crippen molar-refractivity contribution in [1.29, 1.82) is 0 Å². The fraction of sp³-hybridized carbons (Fsp3) is 0.500. The Morgan fingerprint density at radius 3 is 3.00 bits per heavy atom. The van der Waals surface area contributed by atoms with Crippen LogP contribution in [0.5, 0.6) is 0 Å². The van der Waals surface area contributed by atoms with Crippen LogP contribution in [0, 0.1) is 0 Å². The normalized spacial score (nSPS) is 19.5. The number of amides is 1. The summed E-state index contributed by atoms with van der Waals surface area (Å²) in [5, 5.41) is 0. The molecule has 0 aliphatic carbocycles. The summed E-state index contributed by atoms with van der Waals surface area (Å²) in [4.78, 5) is 13.2. The van der Waals surface area contributed by atoms with Crippen LogP contribution < -0.4 is 0 Å². The van der Waals surface area contributed by atoms with E-state index in [-0.39, 0.29) is 5.91 Å². The van der Waals surface area contributed by atoms with Crippen LogP contribution in [0.25, 0.3) is 0 Å². The van der Waals surface area contributed by atoms with Crippen LogP contribution in [0.15, 0.2) is 24.4 Å². The Morgan fingerprint density at radius 2 is 2.33 bits per heavy atom. The minimum absolute atomic E-state index is 0.189. The first-order chi connectivity index (χ1) is 5.75. The second-order valence-electron chi connectivity index (χ2n) is 3.03. The maximum absolute atomic E-state index is 11.4. The highest BCUT2D eigenvalue weighted by Gasteiger charge is 2.15. The molecule has 0 aromatic heterocycles. The van der Waals surface area contributed by atoms with Crippen molar-refractivity contribution in [3.05, 3.63) is 24.4 Å². The van der Waals surface area contributed by atoms with Gasteiger partial charge in [-0.25, -0.2) is 0 Å². The van der Waals surface area contributed by atoms with Crippen LogP contribution in [0.2, 0.25) is 0 Å². The monoisotopic (exact) mass is 165 g/mol. The Morgan fingerprint density at radius 1 is 1.58 bits per heavy atom.